The second-order valence-corrected chi connectivity index (χ2v) is 3.77. The molecule has 0 aliphatic rings. The Labute approximate surface area is 104 Å². The molecule has 0 aliphatic heterocycles. The smallest absolute Gasteiger partial charge is 0.276 e. The summed E-state index contributed by atoms with van der Waals surface area (Å²) in [6.07, 6.45) is 0. The van der Waals surface area contributed by atoms with E-state index in [9.17, 15) is 4.79 Å². The summed E-state index contributed by atoms with van der Waals surface area (Å²) in [7, 11) is 3.25. The number of ether oxygens (including phenoxy) is 1. The summed E-state index contributed by atoms with van der Waals surface area (Å²) in [5.74, 6) is 0.765. The maximum absolute atomic E-state index is 12.1. The summed E-state index contributed by atoms with van der Waals surface area (Å²) in [4.78, 5) is 13.6. The number of nitrogens with two attached hydrogens (primary N) is 1. The zero-order valence-corrected chi connectivity index (χ0v) is 10.2. The van der Waals surface area contributed by atoms with E-state index in [1.165, 1.54) is 11.0 Å². The Morgan fingerprint density at radius 3 is 2.83 bits per heavy atom. The number of hydrogen-bond acceptors (Lipinski definition) is 4. The molecule has 0 aliphatic carbocycles. The average molecular weight is 246 g/mol. The van der Waals surface area contributed by atoms with Gasteiger partial charge in [0, 0.05) is 24.9 Å². The molecule has 2 aromatic rings. The number of amides is 1. The largest absolute Gasteiger partial charge is 0.497 e. The third kappa shape index (κ3) is 2.27. The molecule has 1 heterocycles. The van der Waals surface area contributed by atoms with Crippen molar-refractivity contribution in [3.05, 3.63) is 36.0 Å². The molecule has 0 unspecified atom stereocenters. The van der Waals surface area contributed by atoms with Crippen LogP contribution in [0, 0.1) is 0 Å². The van der Waals surface area contributed by atoms with Crippen molar-refractivity contribution < 1.29 is 9.53 Å². The van der Waals surface area contributed by atoms with Crippen molar-refractivity contribution in [1.29, 1.82) is 0 Å². The Morgan fingerprint density at radius 2 is 2.22 bits per heavy atom. The number of aromatic amines is 1. The Hall–Kier alpha value is -2.50. The van der Waals surface area contributed by atoms with Crippen molar-refractivity contribution in [2.24, 2.45) is 0 Å². The molecule has 18 heavy (non-hydrogen) atoms. The normalized spacial score (nSPS) is 10.1. The number of H-pyrrole nitrogens is 1. The van der Waals surface area contributed by atoms with Gasteiger partial charge in [-0.2, -0.15) is 5.10 Å². The monoisotopic (exact) mass is 246 g/mol. The zero-order chi connectivity index (χ0) is 13.1. The number of rotatable bonds is 3. The Bertz CT molecular complexity index is 565. The SMILES string of the molecule is COc1cccc(N(C)C(=O)c2cc(N)n[nH]2)c1. The predicted octanol–water partition coefficient (Wildman–Crippen LogP) is 1.28. The minimum absolute atomic E-state index is 0.215. The summed E-state index contributed by atoms with van der Waals surface area (Å²) in [6.45, 7) is 0. The summed E-state index contributed by atoms with van der Waals surface area (Å²) in [6, 6.07) is 8.73. The number of nitrogen functional groups attached to an aromatic ring is 1. The fraction of sp³-hybridized carbons (Fsp3) is 0.167. The highest BCUT2D eigenvalue weighted by atomic mass is 16.5. The van der Waals surface area contributed by atoms with Crippen LogP contribution in [0.25, 0.3) is 0 Å². The lowest BCUT2D eigenvalue weighted by molar-refractivity contribution is 0.0988. The minimum Gasteiger partial charge on any atom is -0.497 e. The van der Waals surface area contributed by atoms with E-state index < -0.39 is 0 Å². The van der Waals surface area contributed by atoms with Crippen LogP contribution in [0.4, 0.5) is 11.5 Å². The lowest BCUT2D eigenvalue weighted by Crippen LogP contribution is -2.26. The molecule has 0 radical (unpaired) electrons. The van der Waals surface area contributed by atoms with Crippen molar-refractivity contribution in [1.82, 2.24) is 10.2 Å². The summed E-state index contributed by atoms with van der Waals surface area (Å²) in [5, 5.41) is 6.32. The molecule has 0 saturated carbocycles. The first-order valence-electron chi connectivity index (χ1n) is 5.35. The third-order valence-electron chi connectivity index (χ3n) is 2.57. The highest BCUT2D eigenvalue weighted by Crippen LogP contribution is 2.21. The highest BCUT2D eigenvalue weighted by Gasteiger charge is 2.15. The molecule has 0 saturated heterocycles. The number of nitrogens with one attached hydrogen (secondary N) is 1. The molecule has 2 rings (SSSR count). The van der Waals surface area contributed by atoms with Crippen LogP contribution in [0.2, 0.25) is 0 Å². The number of aromatic nitrogens is 2. The molecule has 1 aromatic carbocycles. The van der Waals surface area contributed by atoms with Crippen molar-refractivity contribution in [2.75, 3.05) is 24.8 Å². The molecular weight excluding hydrogens is 232 g/mol. The van der Waals surface area contributed by atoms with Crippen LogP contribution in [-0.4, -0.2) is 30.3 Å². The number of anilines is 2. The predicted molar refractivity (Wildman–Crippen MR) is 68.7 cm³/mol. The number of hydrogen-bond donors (Lipinski definition) is 2. The summed E-state index contributed by atoms with van der Waals surface area (Å²) in [5.41, 5.74) is 6.54. The molecule has 6 heteroatoms. The minimum atomic E-state index is -0.215. The van der Waals surface area contributed by atoms with Crippen molar-refractivity contribution in [2.45, 2.75) is 0 Å². The molecule has 0 atom stereocenters. The van der Waals surface area contributed by atoms with Gasteiger partial charge in [-0.3, -0.25) is 9.89 Å². The molecule has 1 amide bonds. The van der Waals surface area contributed by atoms with E-state index in [0.717, 1.165) is 5.69 Å². The number of carbonyl (C=O) groups excluding carboxylic acids is 1. The van der Waals surface area contributed by atoms with E-state index in [2.05, 4.69) is 10.2 Å². The summed E-state index contributed by atoms with van der Waals surface area (Å²) < 4.78 is 5.12. The number of carbonyl (C=O) groups is 1. The second kappa shape index (κ2) is 4.79. The first-order chi connectivity index (χ1) is 8.61. The number of methoxy groups -OCH3 is 1. The van der Waals surface area contributed by atoms with Crippen molar-refractivity contribution in [3.63, 3.8) is 0 Å². The molecule has 0 spiro atoms. The lowest BCUT2D eigenvalue weighted by atomic mass is 10.2. The van der Waals surface area contributed by atoms with Crippen LogP contribution in [0.3, 0.4) is 0 Å². The molecule has 0 fully saturated rings. The maximum atomic E-state index is 12.1. The highest BCUT2D eigenvalue weighted by molar-refractivity contribution is 6.04. The third-order valence-corrected chi connectivity index (χ3v) is 2.57. The van der Waals surface area contributed by atoms with Crippen LogP contribution in [0.1, 0.15) is 10.5 Å². The van der Waals surface area contributed by atoms with Crippen LogP contribution >= 0.6 is 0 Å². The van der Waals surface area contributed by atoms with E-state index in [0.29, 0.717) is 11.4 Å². The van der Waals surface area contributed by atoms with Crippen LogP contribution in [0.15, 0.2) is 30.3 Å². The van der Waals surface area contributed by atoms with Crippen LogP contribution in [-0.2, 0) is 0 Å². The van der Waals surface area contributed by atoms with Gasteiger partial charge in [0.05, 0.1) is 7.11 Å². The lowest BCUT2D eigenvalue weighted by Gasteiger charge is -2.16. The van der Waals surface area contributed by atoms with Gasteiger partial charge in [0.25, 0.3) is 5.91 Å². The summed E-state index contributed by atoms with van der Waals surface area (Å²) >= 11 is 0. The van der Waals surface area contributed by atoms with E-state index in [-0.39, 0.29) is 11.7 Å². The molecule has 1 aromatic heterocycles. The van der Waals surface area contributed by atoms with Gasteiger partial charge in [-0.15, -0.1) is 0 Å². The van der Waals surface area contributed by atoms with Gasteiger partial charge < -0.3 is 15.4 Å². The number of benzene rings is 1. The maximum Gasteiger partial charge on any atom is 0.276 e. The fourth-order valence-corrected chi connectivity index (χ4v) is 1.56. The Morgan fingerprint density at radius 1 is 1.44 bits per heavy atom. The zero-order valence-electron chi connectivity index (χ0n) is 10.2. The molecule has 0 bridgehead atoms. The van der Waals surface area contributed by atoms with E-state index in [1.54, 1.807) is 20.2 Å². The van der Waals surface area contributed by atoms with Crippen LogP contribution < -0.4 is 15.4 Å². The van der Waals surface area contributed by atoms with Gasteiger partial charge in [-0.25, -0.2) is 0 Å². The van der Waals surface area contributed by atoms with Crippen molar-refractivity contribution in [3.8, 4) is 5.75 Å². The van der Waals surface area contributed by atoms with Gasteiger partial charge in [0.2, 0.25) is 0 Å². The first kappa shape index (κ1) is 12.0. The Balaban J connectivity index is 2.25. The average Bonchev–Trinajstić information content (AvgIpc) is 2.83. The molecule has 94 valence electrons. The van der Waals surface area contributed by atoms with Gasteiger partial charge in [-0.1, -0.05) is 6.07 Å². The number of nitrogens with zero attached hydrogens (tertiary/aromatic N) is 2. The second-order valence-electron chi connectivity index (χ2n) is 3.77. The molecular formula is C12H14N4O2. The molecule has 6 nitrogen and oxygen atoms in total. The first-order valence-corrected chi connectivity index (χ1v) is 5.35. The van der Waals surface area contributed by atoms with Gasteiger partial charge >= 0.3 is 0 Å². The topological polar surface area (TPSA) is 84.2 Å². The van der Waals surface area contributed by atoms with E-state index >= 15 is 0 Å². The fourth-order valence-electron chi connectivity index (χ4n) is 1.56. The quantitative estimate of drug-likeness (QED) is 0.854. The van der Waals surface area contributed by atoms with E-state index in [1.807, 2.05) is 18.2 Å². The van der Waals surface area contributed by atoms with Gasteiger partial charge in [0.1, 0.15) is 17.3 Å². The van der Waals surface area contributed by atoms with Gasteiger partial charge in [0.15, 0.2) is 0 Å². The van der Waals surface area contributed by atoms with Gasteiger partial charge in [-0.05, 0) is 12.1 Å². The standard InChI is InChI=1S/C12H14N4O2/c1-16(8-4-3-5-9(6-8)18-2)12(17)10-7-11(13)15-14-10/h3-7H,1-2H3,(H3,13,14,15). The Kier molecular flexibility index (Phi) is 3.18. The van der Waals surface area contributed by atoms with Crippen molar-refractivity contribution >= 4 is 17.4 Å². The van der Waals surface area contributed by atoms with E-state index in [4.69, 9.17) is 10.5 Å². The molecule has 3 N–H and O–H groups in total. The van der Waals surface area contributed by atoms with Crippen LogP contribution in [0.5, 0.6) is 5.75 Å².